The van der Waals surface area contributed by atoms with Gasteiger partial charge in [0.15, 0.2) is 6.61 Å². The van der Waals surface area contributed by atoms with E-state index in [1.807, 2.05) is 12.1 Å². The number of amides is 2. The molecule has 9 heteroatoms. The number of methoxy groups -OCH3 is 1. The second-order valence-electron chi connectivity index (χ2n) is 7.84. The van der Waals surface area contributed by atoms with Crippen molar-refractivity contribution in [3.05, 3.63) is 99.6 Å². The van der Waals surface area contributed by atoms with Crippen LogP contribution in [0.5, 0.6) is 5.75 Å². The Morgan fingerprint density at radius 1 is 1.08 bits per heavy atom. The molecule has 3 aromatic rings. The Morgan fingerprint density at radius 3 is 2.44 bits per heavy atom. The molecule has 1 N–H and O–H groups in total. The number of halogens is 1. The Morgan fingerprint density at radius 2 is 1.81 bits per heavy atom. The van der Waals surface area contributed by atoms with Crippen molar-refractivity contribution in [3.63, 3.8) is 0 Å². The SMILES string of the molecule is COC(=O)C1=C(C)N(c2ccc(Br)cc2)C(=O)/C1=C\c1ccc(OCC(=O)NCc2ccco2)cc1. The summed E-state index contributed by atoms with van der Waals surface area (Å²) in [5, 5.41) is 2.70. The highest BCUT2D eigenvalue weighted by Crippen LogP contribution is 2.36. The average molecular weight is 551 g/mol. The highest BCUT2D eigenvalue weighted by atomic mass is 79.9. The summed E-state index contributed by atoms with van der Waals surface area (Å²) in [7, 11) is 1.28. The van der Waals surface area contributed by atoms with Gasteiger partial charge in [-0.25, -0.2) is 4.79 Å². The van der Waals surface area contributed by atoms with Crippen LogP contribution in [0, 0.1) is 0 Å². The molecule has 0 radical (unpaired) electrons. The van der Waals surface area contributed by atoms with Crippen LogP contribution in [0.4, 0.5) is 5.69 Å². The molecule has 1 aromatic heterocycles. The molecule has 0 bridgehead atoms. The van der Waals surface area contributed by atoms with E-state index in [4.69, 9.17) is 13.9 Å². The summed E-state index contributed by atoms with van der Waals surface area (Å²) in [5.74, 6) is -0.0718. The van der Waals surface area contributed by atoms with Gasteiger partial charge in [-0.3, -0.25) is 14.5 Å². The Balaban J connectivity index is 1.48. The predicted octanol–water partition coefficient (Wildman–Crippen LogP) is 4.61. The maximum atomic E-state index is 13.3. The van der Waals surface area contributed by atoms with Crippen LogP contribution in [-0.4, -0.2) is 31.5 Å². The van der Waals surface area contributed by atoms with Crippen molar-refractivity contribution in [2.75, 3.05) is 18.6 Å². The van der Waals surface area contributed by atoms with Gasteiger partial charge in [-0.1, -0.05) is 28.1 Å². The normalized spacial score (nSPS) is 14.4. The lowest BCUT2D eigenvalue weighted by atomic mass is 10.0. The lowest BCUT2D eigenvalue weighted by Gasteiger charge is -2.18. The first-order valence-electron chi connectivity index (χ1n) is 11.0. The van der Waals surface area contributed by atoms with Crippen molar-refractivity contribution < 1.29 is 28.3 Å². The fraction of sp³-hybridized carbons (Fsp3) is 0.148. The number of ether oxygens (including phenoxy) is 2. The Bertz CT molecular complexity index is 1330. The Labute approximate surface area is 216 Å². The number of nitrogens with zero attached hydrogens (tertiary/aromatic N) is 1. The largest absolute Gasteiger partial charge is 0.484 e. The van der Waals surface area contributed by atoms with E-state index in [9.17, 15) is 14.4 Å². The zero-order chi connectivity index (χ0) is 25.7. The van der Waals surface area contributed by atoms with Gasteiger partial charge in [-0.05, 0) is 67.1 Å². The van der Waals surface area contributed by atoms with Crippen LogP contribution in [0.1, 0.15) is 18.2 Å². The lowest BCUT2D eigenvalue weighted by molar-refractivity contribution is -0.136. The number of allylic oxidation sites excluding steroid dienone is 1. The number of rotatable bonds is 8. The second kappa shape index (κ2) is 11.1. The first-order chi connectivity index (χ1) is 17.4. The summed E-state index contributed by atoms with van der Waals surface area (Å²) in [5.41, 5.74) is 2.24. The van der Waals surface area contributed by atoms with Crippen molar-refractivity contribution in [2.45, 2.75) is 13.5 Å². The molecule has 2 aromatic carbocycles. The number of anilines is 1. The molecular weight excluding hydrogens is 528 g/mol. The second-order valence-corrected chi connectivity index (χ2v) is 8.76. The Hall–Kier alpha value is -4.11. The molecule has 0 aliphatic carbocycles. The van der Waals surface area contributed by atoms with E-state index in [0.717, 1.165) is 4.47 Å². The third-order valence-corrected chi connectivity index (χ3v) is 6.00. The quantitative estimate of drug-likeness (QED) is 0.324. The standard InChI is InChI=1S/C27H23BrN2O6/c1-17-25(27(33)34-2)23(26(32)30(17)20-9-7-19(28)8-10-20)14-18-5-11-21(12-6-18)36-16-24(31)29-15-22-4-3-13-35-22/h3-14H,15-16H2,1-2H3,(H,29,31)/b23-14-. The molecular formula is C27H23BrN2O6. The van der Waals surface area contributed by atoms with Gasteiger partial charge in [0.2, 0.25) is 0 Å². The van der Waals surface area contributed by atoms with Gasteiger partial charge in [0.1, 0.15) is 11.5 Å². The third-order valence-electron chi connectivity index (χ3n) is 5.48. The average Bonchev–Trinajstić information content (AvgIpc) is 3.49. The molecule has 0 saturated carbocycles. The molecule has 0 unspecified atom stereocenters. The van der Waals surface area contributed by atoms with E-state index in [1.54, 1.807) is 61.5 Å². The van der Waals surface area contributed by atoms with E-state index in [1.165, 1.54) is 18.3 Å². The number of nitrogens with one attached hydrogen (secondary N) is 1. The van der Waals surface area contributed by atoms with E-state index in [0.29, 0.717) is 28.5 Å². The maximum Gasteiger partial charge on any atom is 0.340 e. The number of furan rings is 1. The van der Waals surface area contributed by atoms with Crippen molar-refractivity contribution in [1.29, 1.82) is 0 Å². The van der Waals surface area contributed by atoms with Gasteiger partial charge in [0, 0.05) is 15.9 Å². The van der Waals surface area contributed by atoms with Gasteiger partial charge in [0.05, 0.1) is 31.1 Å². The van der Waals surface area contributed by atoms with Gasteiger partial charge < -0.3 is 19.2 Å². The van der Waals surface area contributed by atoms with Crippen LogP contribution >= 0.6 is 15.9 Å². The molecule has 1 aliphatic rings. The molecule has 184 valence electrons. The number of esters is 1. The minimum atomic E-state index is -0.591. The topological polar surface area (TPSA) is 98.1 Å². The van der Waals surface area contributed by atoms with Gasteiger partial charge in [0.25, 0.3) is 11.8 Å². The predicted molar refractivity (Wildman–Crippen MR) is 137 cm³/mol. The fourth-order valence-corrected chi connectivity index (χ4v) is 3.97. The summed E-state index contributed by atoms with van der Waals surface area (Å²) < 4.78 is 16.5. The summed E-state index contributed by atoms with van der Waals surface area (Å²) in [4.78, 5) is 39.4. The van der Waals surface area contributed by atoms with Crippen molar-refractivity contribution in [3.8, 4) is 5.75 Å². The summed E-state index contributed by atoms with van der Waals surface area (Å²) >= 11 is 3.39. The zero-order valence-corrected chi connectivity index (χ0v) is 21.2. The van der Waals surface area contributed by atoms with Gasteiger partial charge in [-0.2, -0.15) is 0 Å². The number of carbonyl (C=O) groups is 3. The van der Waals surface area contributed by atoms with E-state index >= 15 is 0 Å². The molecule has 2 heterocycles. The van der Waals surface area contributed by atoms with Crippen LogP contribution in [-0.2, 0) is 25.7 Å². The minimum absolute atomic E-state index is 0.157. The molecule has 0 atom stereocenters. The molecule has 4 rings (SSSR count). The molecule has 2 amide bonds. The van der Waals surface area contributed by atoms with Crippen molar-refractivity contribution >= 4 is 45.5 Å². The monoisotopic (exact) mass is 550 g/mol. The summed E-state index contributed by atoms with van der Waals surface area (Å²) in [6.07, 6.45) is 3.17. The third kappa shape index (κ3) is 5.58. The van der Waals surface area contributed by atoms with Gasteiger partial charge in [-0.15, -0.1) is 0 Å². The molecule has 36 heavy (non-hydrogen) atoms. The van der Waals surface area contributed by atoms with Crippen molar-refractivity contribution in [1.82, 2.24) is 5.32 Å². The van der Waals surface area contributed by atoms with E-state index < -0.39 is 5.97 Å². The maximum absolute atomic E-state index is 13.3. The lowest BCUT2D eigenvalue weighted by Crippen LogP contribution is -2.28. The smallest absolute Gasteiger partial charge is 0.340 e. The number of benzene rings is 2. The Kier molecular flexibility index (Phi) is 7.70. The minimum Gasteiger partial charge on any atom is -0.484 e. The molecule has 0 fully saturated rings. The van der Waals surface area contributed by atoms with Crippen LogP contribution < -0.4 is 15.0 Å². The first kappa shape index (κ1) is 25.0. The fourth-order valence-electron chi connectivity index (χ4n) is 3.71. The molecule has 0 saturated heterocycles. The molecule has 1 aliphatic heterocycles. The van der Waals surface area contributed by atoms with Crippen LogP contribution in [0.2, 0.25) is 0 Å². The zero-order valence-electron chi connectivity index (χ0n) is 19.6. The van der Waals surface area contributed by atoms with Crippen LogP contribution in [0.3, 0.4) is 0 Å². The highest BCUT2D eigenvalue weighted by molar-refractivity contribution is 9.10. The van der Waals surface area contributed by atoms with Crippen LogP contribution in [0.25, 0.3) is 6.08 Å². The number of carbonyl (C=O) groups excluding carboxylic acids is 3. The first-order valence-corrected chi connectivity index (χ1v) is 11.8. The van der Waals surface area contributed by atoms with E-state index in [2.05, 4.69) is 21.2 Å². The van der Waals surface area contributed by atoms with Crippen LogP contribution in [0.15, 0.2) is 92.7 Å². The summed E-state index contributed by atoms with van der Waals surface area (Å²) in [6, 6.07) is 17.6. The molecule has 8 nitrogen and oxygen atoms in total. The van der Waals surface area contributed by atoms with Crippen molar-refractivity contribution in [2.24, 2.45) is 0 Å². The number of hydrogen-bond acceptors (Lipinski definition) is 6. The van der Waals surface area contributed by atoms with E-state index in [-0.39, 0.29) is 36.1 Å². The molecule has 0 spiro atoms. The number of hydrogen-bond donors (Lipinski definition) is 1. The summed E-state index contributed by atoms with van der Waals surface area (Å²) in [6.45, 7) is 1.83. The van der Waals surface area contributed by atoms with Gasteiger partial charge >= 0.3 is 5.97 Å². The highest BCUT2D eigenvalue weighted by Gasteiger charge is 2.37.